The molecule has 0 radical (unpaired) electrons. The lowest BCUT2D eigenvalue weighted by molar-refractivity contribution is 0.0482. The molecule has 0 aliphatic carbocycles. The first-order valence-electron chi connectivity index (χ1n) is 11.4. The molecular weight excluding hydrogens is 366 g/mol. The summed E-state index contributed by atoms with van der Waals surface area (Å²) in [6.45, 7) is 4.40. The van der Waals surface area contributed by atoms with Gasteiger partial charge in [-0.3, -0.25) is 0 Å². The monoisotopic (exact) mass is 397 g/mol. The molecule has 3 aromatic rings. The Morgan fingerprint density at radius 2 is 1.30 bits per heavy atom. The van der Waals surface area contributed by atoms with Crippen LogP contribution in [0.1, 0.15) is 59.5 Å². The summed E-state index contributed by atoms with van der Waals surface area (Å²) in [5, 5.41) is 0. The fourth-order valence-electron chi connectivity index (χ4n) is 5.21. The number of hydrogen-bond donors (Lipinski definition) is 0. The zero-order valence-electron chi connectivity index (χ0n) is 17.6. The third kappa shape index (κ3) is 4.21. The molecule has 0 amide bonds. The number of fused-ring (bicyclic) bond motifs is 1. The van der Waals surface area contributed by atoms with Crippen LogP contribution >= 0.6 is 0 Å². The smallest absolute Gasteiger partial charge is 0.108 e. The van der Waals surface area contributed by atoms with Gasteiger partial charge in [-0.2, -0.15) is 0 Å². The standard InChI is InChI=1S/C28H31NO/c1-3-9-22(10-4-1)23-15-18-29(19-16-23)20-17-25-21-30-28(24-11-5-2-6-12-24)27-14-8-7-13-26(25)27/h1-14,23,25,28H,15-21H2. The molecule has 2 heteroatoms. The van der Waals surface area contributed by atoms with Crippen molar-refractivity contribution in [1.29, 1.82) is 0 Å². The second-order valence-corrected chi connectivity index (χ2v) is 8.77. The molecule has 2 unspecified atom stereocenters. The van der Waals surface area contributed by atoms with Gasteiger partial charge >= 0.3 is 0 Å². The van der Waals surface area contributed by atoms with E-state index in [1.165, 1.54) is 61.2 Å². The molecule has 0 N–H and O–H groups in total. The molecule has 3 aromatic carbocycles. The Bertz CT molecular complexity index is 931. The van der Waals surface area contributed by atoms with Gasteiger partial charge in [-0.15, -0.1) is 0 Å². The quantitative estimate of drug-likeness (QED) is 0.511. The first-order valence-corrected chi connectivity index (χ1v) is 11.4. The first-order chi connectivity index (χ1) is 14.9. The van der Waals surface area contributed by atoms with Crippen LogP contribution in [0.25, 0.3) is 0 Å². The van der Waals surface area contributed by atoms with Crippen LogP contribution in [-0.4, -0.2) is 31.1 Å². The normalized spacial score (nSPS) is 22.5. The summed E-state index contributed by atoms with van der Waals surface area (Å²) in [5.41, 5.74) is 5.60. The number of benzene rings is 3. The van der Waals surface area contributed by atoms with Gasteiger partial charge in [-0.25, -0.2) is 0 Å². The zero-order chi connectivity index (χ0) is 20.2. The van der Waals surface area contributed by atoms with Crippen LogP contribution in [0.15, 0.2) is 84.9 Å². The minimum atomic E-state index is 0.0697. The number of ether oxygens (including phenoxy) is 1. The molecule has 2 atom stereocenters. The van der Waals surface area contributed by atoms with E-state index in [-0.39, 0.29) is 6.10 Å². The molecule has 2 nitrogen and oxygen atoms in total. The molecule has 2 aliphatic heterocycles. The van der Waals surface area contributed by atoms with E-state index < -0.39 is 0 Å². The summed E-state index contributed by atoms with van der Waals surface area (Å²) in [6, 6.07) is 30.6. The highest BCUT2D eigenvalue weighted by atomic mass is 16.5. The van der Waals surface area contributed by atoms with Crippen molar-refractivity contribution in [2.45, 2.75) is 37.2 Å². The van der Waals surface area contributed by atoms with Crippen LogP contribution in [0, 0.1) is 0 Å². The van der Waals surface area contributed by atoms with E-state index >= 15 is 0 Å². The van der Waals surface area contributed by atoms with Crippen molar-refractivity contribution in [2.24, 2.45) is 0 Å². The van der Waals surface area contributed by atoms with E-state index in [0.717, 1.165) is 12.5 Å². The SMILES string of the molecule is c1ccc(C2CCN(CCC3COC(c4ccccc4)c4ccccc43)CC2)cc1. The fourth-order valence-corrected chi connectivity index (χ4v) is 5.21. The fraction of sp³-hybridized carbons (Fsp3) is 0.357. The summed E-state index contributed by atoms with van der Waals surface area (Å²) in [4.78, 5) is 2.66. The predicted molar refractivity (Wildman–Crippen MR) is 123 cm³/mol. The van der Waals surface area contributed by atoms with Gasteiger partial charge in [0.05, 0.1) is 6.61 Å². The van der Waals surface area contributed by atoms with Gasteiger partial charge in [0, 0.05) is 5.92 Å². The van der Waals surface area contributed by atoms with Gasteiger partial charge in [0.2, 0.25) is 0 Å². The van der Waals surface area contributed by atoms with Crippen molar-refractivity contribution in [3.63, 3.8) is 0 Å². The number of piperidine rings is 1. The van der Waals surface area contributed by atoms with Gasteiger partial charge in [0.25, 0.3) is 0 Å². The second-order valence-electron chi connectivity index (χ2n) is 8.77. The van der Waals surface area contributed by atoms with Gasteiger partial charge < -0.3 is 9.64 Å². The molecule has 0 spiro atoms. The summed E-state index contributed by atoms with van der Waals surface area (Å²) >= 11 is 0. The maximum absolute atomic E-state index is 6.40. The number of hydrogen-bond acceptors (Lipinski definition) is 2. The maximum Gasteiger partial charge on any atom is 0.108 e. The van der Waals surface area contributed by atoms with Gasteiger partial charge in [-0.05, 0) is 67.1 Å². The molecular formula is C28H31NO. The molecule has 30 heavy (non-hydrogen) atoms. The maximum atomic E-state index is 6.40. The topological polar surface area (TPSA) is 12.5 Å². The molecule has 1 saturated heterocycles. The van der Waals surface area contributed by atoms with Crippen LogP contribution < -0.4 is 0 Å². The van der Waals surface area contributed by atoms with Gasteiger partial charge in [-0.1, -0.05) is 84.9 Å². The summed E-state index contributed by atoms with van der Waals surface area (Å²) in [7, 11) is 0. The third-order valence-corrected chi connectivity index (χ3v) is 6.94. The highest BCUT2D eigenvalue weighted by Gasteiger charge is 2.29. The zero-order valence-corrected chi connectivity index (χ0v) is 17.6. The van der Waals surface area contributed by atoms with E-state index in [1.54, 1.807) is 0 Å². The van der Waals surface area contributed by atoms with Gasteiger partial charge in [0.15, 0.2) is 0 Å². The van der Waals surface area contributed by atoms with Crippen LogP contribution in [0.4, 0.5) is 0 Å². The van der Waals surface area contributed by atoms with Gasteiger partial charge in [0.1, 0.15) is 6.10 Å². The van der Waals surface area contributed by atoms with Crippen LogP contribution in [0.2, 0.25) is 0 Å². The average molecular weight is 398 g/mol. The lowest BCUT2D eigenvalue weighted by Crippen LogP contribution is -2.35. The minimum Gasteiger partial charge on any atom is -0.368 e. The van der Waals surface area contributed by atoms with Crippen molar-refractivity contribution in [3.8, 4) is 0 Å². The van der Waals surface area contributed by atoms with E-state index in [1.807, 2.05) is 0 Å². The van der Waals surface area contributed by atoms with E-state index in [2.05, 4.69) is 89.8 Å². The Kier molecular flexibility index (Phi) is 5.96. The molecule has 0 saturated carbocycles. The summed E-state index contributed by atoms with van der Waals surface area (Å²) in [5.74, 6) is 1.22. The largest absolute Gasteiger partial charge is 0.368 e. The van der Waals surface area contributed by atoms with Crippen LogP contribution in [0.3, 0.4) is 0 Å². The van der Waals surface area contributed by atoms with Crippen molar-refractivity contribution in [1.82, 2.24) is 4.90 Å². The lowest BCUT2D eigenvalue weighted by atomic mass is 9.85. The average Bonchev–Trinajstić information content (AvgIpc) is 2.84. The second kappa shape index (κ2) is 9.16. The minimum absolute atomic E-state index is 0.0697. The number of rotatable bonds is 5. The summed E-state index contributed by atoms with van der Waals surface area (Å²) in [6.07, 6.45) is 3.80. The van der Waals surface area contributed by atoms with Crippen molar-refractivity contribution in [2.75, 3.05) is 26.2 Å². The molecule has 2 aliphatic rings. The van der Waals surface area contributed by atoms with E-state index in [0.29, 0.717) is 5.92 Å². The van der Waals surface area contributed by atoms with E-state index in [9.17, 15) is 0 Å². The highest BCUT2D eigenvalue weighted by Crippen LogP contribution is 2.39. The molecule has 1 fully saturated rings. The third-order valence-electron chi connectivity index (χ3n) is 6.94. The molecule has 0 bridgehead atoms. The molecule has 0 aromatic heterocycles. The van der Waals surface area contributed by atoms with E-state index in [4.69, 9.17) is 4.74 Å². The van der Waals surface area contributed by atoms with Crippen molar-refractivity contribution in [3.05, 3.63) is 107 Å². The van der Waals surface area contributed by atoms with Crippen LogP contribution in [0.5, 0.6) is 0 Å². The highest BCUT2D eigenvalue weighted by molar-refractivity contribution is 5.39. The Hall–Kier alpha value is -2.42. The Morgan fingerprint density at radius 1 is 0.700 bits per heavy atom. The summed E-state index contributed by atoms with van der Waals surface area (Å²) < 4.78 is 6.40. The van der Waals surface area contributed by atoms with Crippen molar-refractivity contribution < 1.29 is 4.74 Å². The Labute approximate surface area is 180 Å². The first kappa shape index (κ1) is 19.5. The lowest BCUT2D eigenvalue weighted by Gasteiger charge is -2.35. The molecule has 2 heterocycles. The number of nitrogens with zero attached hydrogens (tertiary/aromatic N) is 1. The molecule has 154 valence electrons. The Morgan fingerprint density at radius 3 is 2.00 bits per heavy atom. The van der Waals surface area contributed by atoms with Crippen LogP contribution in [-0.2, 0) is 4.74 Å². The predicted octanol–water partition coefficient (Wildman–Crippen LogP) is 6.16. The number of likely N-dealkylation sites (tertiary alicyclic amines) is 1. The molecule has 5 rings (SSSR count). The van der Waals surface area contributed by atoms with Crippen molar-refractivity contribution >= 4 is 0 Å². The Balaban J connectivity index is 1.21.